The van der Waals surface area contributed by atoms with E-state index < -0.39 is 0 Å². The minimum absolute atomic E-state index is 0.258. The lowest BCUT2D eigenvalue weighted by atomic mass is 10.0. The molecular formula is C19H12F2N2. The van der Waals surface area contributed by atoms with Gasteiger partial charge in [-0.1, -0.05) is 24.3 Å². The summed E-state index contributed by atoms with van der Waals surface area (Å²) in [6.45, 7) is 0. The molecular weight excluding hydrogens is 294 g/mol. The molecule has 0 unspecified atom stereocenters. The molecule has 112 valence electrons. The first-order valence-corrected chi connectivity index (χ1v) is 7.20. The second-order valence-corrected chi connectivity index (χ2v) is 5.31. The maximum atomic E-state index is 13.1. The molecule has 0 aliphatic heterocycles. The van der Waals surface area contributed by atoms with Crippen molar-refractivity contribution in [2.75, 3.05) is 0 Å². The van der Waals surface area contributed by atoms with Gasteiger partial charge in [0.2, 0.25) is 0 Å². The van der Waals surface area contributed by atoms with E-state index in [1.165, 1.54) is 24.3 Å². The van der Waals surface area contributed by atoms with Crippen LogP contribution in [0.3, 0.4) is 0 Å². The maximum Gasteiger partial charge on any atom is 0.123 e. The highest BCUT2D eigenvalue weighted by Gasteiger charge is 2.07. The molecule has 0 saturated heterocycles. The first-order chi connectivity index (χ1) is 11.2. The predicted molar refractivity (Wildman–Crippen MR) is 86.4 cm³/mol. The highest BCUT2D eigenvalue weighted by molar-refractivity contribution is 5.85. The zero-order valence-electron chi connectivity index (χ0n) is 12.1. The van der Waals surface area contributed by atoms with Crippen molar-refractivity contribution in [3.05, 3.63) is 84.6 Å². The molecule has 2 nitrogen and oxygen atoms in total. The van der Waals surface area contributed by atoms with E-state index in [-0.39, 0.29) is 11.6 Å². The van der Waals surface area contributed by atoms with E-state index >= 15 is 0 Å². The molecule has 0 spiro atoms. The largest absolute Gasteiger partial charge is 0.233 e. The van der Waals surface area contributed by atoms with Crippen LogP contribution in [0.25, 0.3) is 27.7 Å². The normalized spacial score (nSPS) is 11.0. The molecule has 4 aromatic rings. The van der Waals surface area contributed by atoms with Crippen molar-refractivity contribution in [2.24, 2.45) is 0 Å². The third-order valence-electron chi connectivity index (χ3n) is 3.82. The first kappa shape index (κ1) is 13.6. The Morgan fingerprint density at radius 3 is 2.00 bits per heavy atom. The van der Waals surface area contributed by atoms with Crippen LogP contribution < -0.4 is 0 Å². The van der Waals surface area contributed by atoms with Crippen LogP contribution in [-0.2, 0) is 0 Å². The van der Waals surface area contributed by atoms with Gasteiger partial charge in [0.15, 0.2) is 0 Å². The van der Waals surface area contributed by atoms with Crippen molar-refractivity contribution in [1.29, 1.82) is 0 Å². The molecule has 0 atom stereocenters. The Kier molecular flexibility index (Phi) is 3.15. The monoisotopic (exact) mass is 306 g/mol. The van der Waals surface area contributed by atoms with Crippen molar-refractivity contribution < 1.29 is 8.78 Å². The molecule has 1 heterocycles. The molecule has 0 aliphatic rings. The lowest BCUT2D eigenvalue weighted by molar-refractivity contribution is 0.627. The van der Waals surface area contributed by atoms with Crippen LogP contribution in [0, 0.1) is 11.6 Å². The van der Waals surface area contributed by atoms with Crippen LogP contribution in [0.1, 0.15) is 0 Å². The van der Waals surface area contributed by atoms with Gasteiger partial charge in [0.25, 0.3) is 0 Å². The minimum atomic E-state index is -0.280. The van der Waals surface area contributed by atoms with E-state index in [9.17, 15) is 8.78 Å². The highest BCUT2D eigenvalue weighted by Crippen LogP contribution is 2.26. The summed E-state index contributed by atoms with van der Waals surface area (Å²) < 4.78 is 27.9. The van der Waals surface area contributed by atoms with Crippen molar-refractivity contribution in [3.8, 4) is 16.8 Å². The van der Waals surface area contributed by atoms with Crippen molar-refractivity contribution >= 4 is 10.9 Å². The predicted octanol–water partition coefficient (Wildman–Crippen LogP) is 4.97. The summed E-state index contributed by atoms with van der Waals surface area (Å²) >= 11 is 0. The lowest BCUT2D eigenvalue weighted by Crippen LogP contribution is -1.96. The van der Waals surface area contributed by atoms with Gasteiger partial charge in [0, 0.05) is 5.39 Å². The van der Waals surface area contributed by atoms with E-state index in [0.29, 0.717) is 0 Å². The average molecular weight is 306 g/mol. The van der Waals surface area contributed by atoms with Gasteiger partial charge in [-0.3, -0.25) is 0 Å². The topological polar surface area (TPSA) is 17.8 Å². The van der Waals surface area contributed by atoms with Crippen LogP contribution in [-0.4, -0.2) is 9.78 Å². The van der Waals surface area contributed by atoms with Gasteiger partial charge >= 0.3 is 0 Å². The molecule has 4 heteroatoms. The molecule has 1 aromatic heterocycles. The molecule has 23 heavy (non-hydrogen) atoms. The average Bonchev–Trinajstić information content (AvgIpc) is 2.99. The highest BCUT2D eigenvalue weighted by atomic mass is 19.1. The maximum absolute atomic E-state index is 13.1. The molecule has 0 radical (unpaired) electrons. The van der Waals surface area contributed by atoms with Crippen LogP contribution in [0.4, 0.5) is 8.78 Å². The second kappa shape index (κ2) is 5.32. The first-order valence-electron chi connectivity index (χ1n) is 7.20. The van der Waals surface area contributed by atoms with Gasteiger partial charge < -0.3 is 0 Å². The number of rotatable bonds is 2. The Balaban J connectivity index is 1.86. The Morgan fingerprint density at radius 2 is 1.30 bits per heavy atom. The number of hydrogen-bond donors (Lipinski definition) is 0. The van der Waals surface area contributed by atoms with Gasteiger partial charge in [0.1, 0.15) is 11.6 Å². The number of halogens is 2. The van der Waals surface area contributed by atoms with Gasteiger partial charge in [-0.2, -0.15) is 5.10 Å². The smallest absolute Gasteiger partial charge is 0.123 e. The molecule has 0 amide bonds. The van der Waals surface area contributed by atoms with E-state index in [4.69, 9.17) is 0 Å². The third-order valence-corrected chi connectivity index (χ3v) is 3.82. The van der Waals surface area contributed by atoms with E-state index in [1.54, 1.807) is 35.1 Å². The quantitative estimate of drug-likeness (QED) is 0.511. The number of fused-ring (bicyclic) bond motifs is 1. The summed E-state index contributed by atoms with van der Waals surface area (Å²) in [5.74, 6) is -0.539. The molecule has 3 aromatic carbocycles. The SMILES string of the molecule is Fc1ccc(-c2ccc3cnn(-c4ccc(F)cc4)c3c2)cc1. The number of aromatic nitrogens is 2. The fraction of sp³-hybridized carbons (Fsp3) is 0. The Morgan fingerprint density at radius 1 is 0.696 bits per heavy atom. The van der Waals surface area contributed by atoms with Gasteiger partial charge in [-0.25, -0.2) is 13.5 Å². The molecule has 4 rings (SSSR count). The van der Waals surface area contributed by atoms with E-state index in [0.717, 1.165) is 27.7 Å². The van der Waals surface area contributed by atoms with Crippen molar-refractivity contribution in [3.63, 3.8) is 0 Å². The number of nitrogens with zero attached hydrogens (tertiary/aromatic N) is 2. The standard InChI is InChI=1S/C19H12F2N2/c20-16-5-3-13(4-6-16)14-1-2-15-12-22-23(19(15)11-14)18-9-7-17(21)8-10-18/h1-12H. The summed E-state index contributed by atoms with van der Waals surface area (Å²) in [4.78, 5) is 0. The zero-order valence-corrected chi connectivity index (χ0v) is 12.1. The summed E-state index contributed by atoms with van der Waals surface area (Å²) in [6.07, 6.45) is 1.77. The summed E-state index contributed by atoms with van der Waals surface area (Å²) in [6, 6.07) is 18.5. The Bertz CT molecular complexity index is 971. The molecule has 0 fully saturated rings. The van der Waals surface area contributed by atoms with Crippen LogP contribution in [0.15, 0.2) is 72.9 Å². The third kappa shape index (κ3) is 2.48. The molecule has 0 saturated carbocycles. The second-order valence-electron chi connectivity index (χ2n) is 5.31. The fourth-order valence-electron chi connectivity index (χ4n) is 2.63. The van der Waals surface area contributed by atoms with Crippen LogP contribution in [0.5, 0.6) is 0 Å². The fourth-order valence-corrected chi connectivity index (χ4v) is 2.63. The van der Waals surface area contributed by atoms with E-state index in [2.05, 4.69) is 5.10 Å². The van der Waals surface area contributed by atoms with Crippen LogP contribution in [0.2, 0.25) is 0 Å². The van der Waals surface area contributed by atoms with Crippen molar-refractivity contribution in [1.82, 2.24) is 9.78 Å². The zero-order chi connectivity index (χ0) is 15.8. The summed E-state index contributed by atoms with van der Waals surface area (Å²) in [5.41, 5.74) is 3.61. The molecule has 0 bridgehead atoms. The summed E-state index contributed by atoms with van der Waals surface area (Å²) in [7, 11) is 0. The van der Waals surface area contributed by atoms with Gasteiger partial charge in [0.05, 0.1) is 17.4 Å². The summed E-state index contributed by atoms with van der Waals surface area (Å²) in [5, 5.41) is 5.36. The lowest BCUT2D eigenvalue weighted by Gasteiger charge is -2.06. The van der Waals surface area contributed by atoms with Gasteiger partial charge in [-0.15, -0.1) is 0 Å². The number of hydrogen-bond acceptors (Lipinski definition) is 1. The Labute approximate surface area is 131 Å². The van der Waals surface area contributed by atoms with Crippen LogP contribution >= 0.6 is 0 Å². The number of benzene rings is 3. The Hall–Kier alpha value is -3.01. The van der Waals surface area contributed by atoms with Crippen molar-refractivity contribution in [2.45, 2.75) is 0 Å². The minimum Gasteiger partial charge on any atom is -0.233 e. The molecule has 0 N–H and O–H groups in total. The van der Waals surface area contributed by atoms with E-state index in [1.807, 2.05) is 18.2 Å². The molecule has 0 aliphatic carbocycles. The van der Waals surface area contributed by atoms with Gasteiger partial charge in [-0.05, 0) is 53.6 Å².